The first kappa shape index (κ1) is 12.2. The first-order chi connectivity index (χ1) is 9.69. The number of aromatic amines is 1. The van der Waals surface area contributed by atoms with E-state index in [4.69, 9.17) is 10.5 Å². The highest BCUT2D eigenvalue weighted by Crippen LogP contribution is 2.27. The molecule has 0 atom stereocenters. The topological polar surface area (TPSA) is 93.9 Å². The number of rotatable bonds is 3. The molecule has 2 aromatic heterocycles. The summed E-state index contributed by atoms with van der Waals surface area (Å²) in [4.78, 5) is 14.7. The van der Waals surface area contributed by atoms with Crippen LogP contribution >= 0.6 is 0 Å². The van der Waals surface area contributed by atoms with Gasteiger partial charge in [0.15, 0.2) is 0 Å². The maximum Gasteiger partial charge on any atom is 0.252 e. The summed E-state index contributed by atoms with van der Waals surface area (Å²) in [5.41, 5.74) is 8.30. The second-order valence-corrected chi connectivity index (χ2v) is 4.32. The van der Waals surface area contributed by atoms with E-state index in [1.807, 2.05) is 12.1 Å². The number of hydrogen-bond acceptors (Lipinski definition) is 4. The quantitative estimate of drug-likeness (QED) is 0.756. The maximum absolute atomic E-state index is 11.4. The first-order valence-electron chi connectivity index (χ1n) is 5.96. The van der Waals surface area contributed by atoms with Gasteiger partial charge in [-0.15, -0.1) is 0 Å². The van der Waals surface area contributed by atoms with Crippen molar-refractivity contribution < 1.29 is 9.53 Å². The third-order valence-electron chi connectivity index (χ3n) is 3.11. The van der Waals surface area contributed by atoms with Crippen molar-refractivity contribution in [1.82, 2.24) is 15.2 Å². The summed E-state index contributed by atoms with van der Waals surface area (Å²) in [7, 11) is 1.50. The van der Waals surface area contributed by atoms with E-state index in [2.05, 4.69) is 15.2 Å². The average molecular weight is 268 g/mol. The summed E-state index contributed by atoms with van der Waals surface area (Å²) >= 11 is 0. The molecule has 6 nitrogen and oxygen atoms in total. The van der Waals surface area contributed by atoms with Crippen molar-refractivity contribution in [3.05, 3.63) is 42.2 Å². The molecule has 20 heavy (non-hydrogen) atoms. The van der Waals surface area contributed by atoms with Crippen LogP contribution in [0, 0.1) is 0 Å². The molecule has 6 heteroatoms. The van der Waals surface area contributed by atoms with Crippen molar-refractivity contribution in [2.75, 3.05) is 7.11 Å². The average Bonchev–Trinajstić information content (AvgIpc) is 2.90. The molecule has 0 aliphatic rings. The molecule has 0 radical (unpaired) electrons. The number of primary amides is 1. The lowest BCUT2D eigenvalue weighted by molar-refractivity contribution is 0.0997. The Kier molecular flexibility index (Phi) is 2.83. The molecular formula is C14H12N4O2. The van der Waals surface area contributed by atoms with Gasteiger partial charge in [0.25, 0.3) is 5.91 Å². The summed E-state index contributed by atoms with van der Waals surface area (Å²) in [6.07, 6.45) is 3.32. The van der Waals surface area contributed by atoms with Crippen LogP contribution in [-0.2, 0) is 0 Å². The lowest BCUT2D eigenvalue weighted by Gasteiger charge is -2.07. The standard InChI is InChI=1S/C14H12N4O2/c1-20-13-3-2-8(4-10(13)14(15)19)11-5-9-6-16-17-7-12(9)18-11/h2-7,18H,1H3,(H2,15,19). The van der Waals surface area contributed by atoms with Gasteiger partial charge in [-0.05, 0) is 29.8 Å². The Bertz CT molecular complexity index is 762. The number of benzene rings is 1. The van der Waals surface area contributed by atoms with Gasteiger partial charge in [0.05, 0.1) is 30.6 Å². The minimum Gasteiger partial charge on any atom is -0.496 e. The van der Waals surface area contributed by atoms with Crippen molar-refractivity contribution in [1.29, 1.82) is 0 Å². The summed E-state index contributed by atoms with van der Waals surface area (Å²) in [5, 5.41) is 8.60. The van der Waals surface area contributed by atoms with E-state index in [1.54, 1.807) is 24.5 Å². The molecule has 0 aliphatic heterocycles. The van der Waals surface area contributed by atoms with Crippen LogP contribution in [0.25, 0.3) is 22.2 Å². The fourth-order valence-electron chi connectivity index (χ4n) is 2.11. The lowest BCUT2D eigenvalue weighted by atomic mass is 10.1. The van der Waals surface area contributed by atoms with Crippen LogP contribution in [-0.4, -0.2) is 28.2 Å². The second-order valence-electron chi connectivity index (χ2n) is 4.32. The van der Waals surface area contributed by atoms with Crippen LogP contribution in [0.5, 0.6) is 5.75 Å². The predicted octanol–water partition coefficient (Wildman–Crippen LogP) is 1.73. The van der Waals surface area contributed by atoms with E-state index in [9.17, 15) is 4.79 Å². The molecule has 0 aliphatic carbocycles. The van der Waals surface area contributed by atoms with Gasteiger partial charge in [0.1, 0.15) is 5.75 Å². The number of H-pyrrole nitrogens is 1. The third kappa shape index (κ3) is 1.97. The molecule has 0 saturated carbocycles. The fraction of sp³-hybridized carbons (Fsp3) is 0.0714. The molecule has 0 fully saturated rings. The van der Waals surface area contributed by atoms with E-state index in [0.29, 0.717) is 11.3 Å². The number of nitrogens with zero attached hydrogens (tertiary/aromatic N) is 2. The molecule has 0 unspecified atom stereocenters. The van der Waals surface area contributed by atoms with Crippen LogP contribution in [0.1, 0.15) is 10.4 Å². The molecule has 2 heterocycles. The number of carbonyl (C=O) groups is 1. The summed E-state index contributed by atoms with van der Waals surface area (Å²) < 4.78 is 5.13. The molecule has 0 spiro atoms. The zero-order valence-electron chi connectivity index (χ0n) is 10.8. The summed E-state index contributed by atoms with van der Waals surface area (Å²) in [6.45, 7) is 0. The van der Waals surface area contributed by atoms with Gasteiger partial charge >= 0.3 is 0 Å². The van der Waals surface area contributed by atoms with Gasteiger partial charge < -0.3 is 15.5 Å². The molecule has 3 rings (SSSR count). The molecule has 0 bridgehead atoms. The van der Waals surface area contributed by atoms with Crippen LogP contribution in [0.3, 0.4) is 0 Å². The normalized spacial score (nSPS) is 10.7. The smallest absolute Gasteiger partial charge is 0.252 e. The summed E-state index contributed by atoms with van der Waals surface area (Å²) in [6, 6.07) is 7.22. The summed E-state index contributed by atoms with van der Waals surface area (Å²) in [5.74, 6) is -0.0659. The Morgan fingerprint density at radius 3 is 2.75 bits per heavy atom. The molecule has 1 amide bonds. The first-order valence-corrected chi connectivity index (χ1v) is 5.96. The Morgan fingerprint density at radius 2 is 2.05 bits per heavy atom. The van der Waals surface area contributed by atoms with Crippen molar-refractivity contribution >= 4 is 16.8 Å². The number of nitrogens with two attached hydrogens (primary N) is 1. The highest BCUT2D eigenvalue weighted by molar-refractivity contribution is 5.97. The van der Waals surface area contributed by atoms with Gasteiger partial charge in [-0.1, -0.05) is 0 Å². The Balaban J connectivity index is 2.14. The number of methoxy groups -OCH3 is 1. The number of nitrogens with one attached hydrogen (secondary N) is 1. The van der Waals surface area contributed by atoms with Gasteiger partial charge in [0, 0.05) is 11.1 Å². The molecular weight excluding hydrogens is 256 g/mol. The molecule has 3 N–H and O–H groups in total. The SMILES string of the molecule is COc1ccc(-c2cc3cnncc3[nH]2)cc1C(N)=O. The molecule has 0 saturated heterocycles. The Morgan fingerprint density at radius 1 is 1.25 bits per heavy atom. The van der Waals surface area contributed by atoms with Gasteiger partial charge in [-0.3, -0.25) is 4.79 Å². The lowest BCUT2D eigenvalue weighted by Crippen LogP contribution is -2.12. The van der Waals surface area contributed by atoms with E-state index in [1.165, 1.54) is 7.11 Å². The van der Waals surface area contributed by atoms with Gasteiger partial charge in [-0.2, -0.15) is 10.2 Å². The third-order valence-corrected chi connectivity index (χ3v) is 3.11. The highest BCUT2D eigenvalue weighted by Gasteiger charge is 2.12. The zero-order chi connectivity index (χ0) is 14.1. The number of fused-ring (bicyclic) bond motifs is 1. The van der Waals surface area contributed by atoms with Crippen molar-refractivity contribution in [3.8, 4) is 17.0 Å². The van der Waals surface area contributed by atoms with Gasteiger partial charge in [0.2, 0.25) is 0 Å². The van der Waals surface area contributed by atoms with Crippen molar-refractivity contribution in [2.24, 2.45) is 5.73 Å². The second kappa shape index (κ2) is 4.65. The number of hydrogen-bond donors (Lipinski definition) is 2. The number of aromatic nitrogens is 3. The van der Waals surface area contributed by atoms with E-state index >= 15 is 0 Å². The molecule has 1 aromatic carbocycles. The predicted molar refractivity (Wildman–Crippen MR) is 74.4 cm³/mol. The van der Waals surface area contributed by atoms with Crippen LogP contribution in [0.15, 0.2) is 36.7 Å². The van der Waals surface area contributed by atoms with Gasteiger partial charge in [-0.25, -0.2) is 0 Å². The molecule has 3 aromatic rings. The monoisotopic (exact) mass is 268 g/mol. The highest BCUT2D eigenvalue weighted by atomic mass is 16.5. The van der Waals surface area contributed by atoms with Crippen molar-refractivity contribution in [3.63, 3.8) is 0 Å². The maximum atomic E-state index is 11.4. The molecule has 100 valence electrons. The Hall–Kier alpha value is -2.89. The minimum atomic E-state index is -0.525. The Labute approximate surface area is 114 Å². The number of ether oxygens (including phenoxy) is 1. The fourth-order valence-corrected chi connectivity index (χ4v) is 2.11. The zero-order valence-corrected chi connectivity index (χ0v) is 10.8. The van der Waals surface area contributed by atoms with E-state index in [0.717, 1.165) is 22.2 Å². The minimum absolute atomic E-state index is 0.347. The van der Waals surface area contributed by atoms with Crippen LogP contribution in [0.2, 0.25) is 0 Å². The number of amides is 1. The van der Waals surface area contributed by atoms with Crippen LogP contribution < -0.4 is 10.5 Å². The van der Waals surface area contributed by atoms with E-state index in [-0.39, 0.29) is 0 Å². The van der Waals surface area contributed by atoms with Crippen LogP contribution in [0.4, 0.5) is 0 Å². The largest absolute Gasteiger partial charge is 0.496 e. The number of carbonyl (C=O) groups excluding carboxylic acids is 1. The van der Waals surface area contributed by atoms with Crippen molar-refractivity contribution in [2.45, 2.75) is 0 Å². The van der Waals surface area contributed by atoms with E-state index < -0.39 is 5.91 Å².